The molecule has 26 heavy (non-hydrogen) atoms. The van der Waals surface area contributed by atoms with E-state index < -0.39 is 18.1 Å². The molecule has 0 saturated heterocycles. The van der Waals surface area contributed by atoms with Crippen LogP contribution in [0.1, 0.15) is 64.2 Å². The van der Waals surface area contributed by atoms with Crippen LogP contribution in [0.2, 0.25) is 0 Å². The fourth-order valence-electron chi connectivity index (χ4n) is 3.25. The molecule has 0 aromatic carbocycles. The van der Waals surface area contributed by atoms with Crippen molar-refractivity contribution in [1.29, 1.82) is 0 Å². The number of hydrogen-bond acceptors (Lipinski definition) is 3. The molecule has 0 aliphatic heterocycles. The molecule has 1 aliphatic carbocycles. The average molecular weight is 381 g/mol. The Morgan fingerprint density at radius 1 is 1.12 bits per heavy atom. The zero-order chi connectivity index (χ0) is 20.2. The molecule has 4 N–H and O–H groups in total. The largest absolute Gasteiger partial charge is 0.490 e. The van der Waals surface area contributed by atoms with E-state index >= 15 is 0 Å². The van der Waals surface area contributed by atoms with E-state index in [0.29, 0.717) is 5.92 Å². The number of carboxylic acids is 2. The highest BCUT2D eigenvalue weighted by Gasteiger charge is 2.38. The number of carbonyl (C=O) groups is 2. The second-order valence-electron chi connectivity index (χ2n) is 6.66. The number of carboxylic acid groups (broad SMARTS) is 2. The van der Waals surface area contributed by atoms with E-state index in [2.05, 4.69) is 6.58 Å². The summed E-state index contributed by atoms with van der Waals surface area (Å²) in [5, 5.41) is 16.6. The molecule has 2 unspecified atom stereocenters. The monoisotopic (exact) mass is 381 g/mol. The first-order valence-corrected chi connectivity index (χ1v) is 9.00. The van der Waals surface area contributed by atoms with Gasteiger partial charge in [0.05, 0.1) is 5.92 Å². The minimum atomic E-state index is -5.08. The zero-order valence-corrected chi connectivity index (χ0v) is 15.0. The van der Waals surface area contributed by atoms with Gasteiger partial charge in [0, 0.05) is 6.04 Å². The fourth-order valence-corrected chi connectivity index (χ4v) is 3.25. The number of nitrogens with two attached hydrogens (primary N) is 1. The van der Waals surface area contributed by atoms with Crippen LogP contribution in [0, 0.1) is 11.8 Å². The first kappa shape index (κ1) is 24.4. The van der Waals surface area contributed by atoms with Gasteiger partial charge in [0.15, 0.2) is 0 Å². The van der Waals surface area contributed by atoms with Gasteiger partial charge in [-0.2, -0.15) is 13.2 Å². The van der Waals surface area contributed by atoms with Gasteiger partial charge >= 0.3 is 18.1 Å². The van der Waals surface area contributed by atoms with Gasteiger partial charge in [0.25, 0.3) is 0 Å². The Morgan fingerprint density at radius 2 is 1.65 bits per heavy atom. The quantitative estimate of drug-likeness (QED) is 0.407. The Bertz CT molecular complexity index is 435. The summed E-state index contributed by atoms with van der Waals surface area (Å²) in [4.78, 5) is 20.4. The number of unbranched alkanes of at least 4 members (excludes halogenated alkanes) is 3. The molecule has 5 nitrogen and oxygen atoms in total. The number of alkyl halides is 3. The van der Waals surface area contributed by atoms with E-state index in [4.69, 9.17) is 15.6 Å². The van der Waals surface area contributed by atoms with Gasteiger partial charge in [-0.05, 0) is 38.0 Å². The lowest BCUT2D eigenvalue weighted by Gasteiger charge is -2.31. The van der Waals surface area contributed by atoms with Crippen molar-refractivity contribution >= 4 is 11.9 Å². The molecule has 0 spiro atoms. The van der Waals surface area contributed by atoms with Crippen LogP contribution >= 0.6 is 0 Å². The van der Waals surface area contributed by atoms with Crippen molar-refractivity contribution in [2.75, 3.05) is 0 Å². The Kier molecular flexibility index (Phi) is 12.0. The molecule has 1 fully saturated rings. The van der Waals surface area contributed by atoms with Crippen LogP contribution in [0.5, 0.6) is 0 Å². The smallest absolute Gasteiger partial charge is 0.481 e. The fraction of sp³-hybridized carbons (Fsp3) is 0.778. The summed E-state index contributed by atoms with van der Waals surface area (Å²) in [5.41, 5.74) is 6.16. The van der Waals surface area contributed by atoms with Gasteiger partial charge in [-0.25, -0.2) is 4.79 Å². The lowest BCUT2D eigenvalue weighted by molar-refractivity contribution is -0.192. The maximum Gasteiger partial charge on any atom is 0.490 e. The van der Waals surface area contributed by atoms with Crippen molar-refractivity contribution in [3.8, 4) is 0 Å². The molecule has 8 heteroatoms. The topological polar surface area (TPSA) is 101 Å². The maximum absolute atomic E-state index is 11.5. The molecule has 0 aromatic rings. The normalized spacial score (nSPS) is 17.5. The molecule has 0 heterocycles. The van der Waals surface area contributed by atoms with Crippen LogP contribution in [-0.4, -0.2) is 34.4 Å². The van der Waals surface area contributed by atoms with Crippen LogP contribution in [0.4, 0.5) is 13.2 Å². The van der Waals surface area contributed by atoms with Gasteiger partial charge in [0.2, 0.25) is 0 Å². The van der Waals surface area contributed by atoms with E-state index in [9.17, 15) is 23.1 Å². The van der Waals surface area contributed by atoms with Gasteiger partial charge in [-0.1, -0.05) is 38.2 Å². The first-order chi connectivity index (χ1) is 12.1. The second kappa shape index (κ2) is 12.7. The molecule has 0 aromatic heterocycles. The third kappa shape index (κ3) is 10.4. The Hall–Kier alpha value is -1.57. The van der Waals surface area contributed by atoms with Crippen LogP contribution < -0.4 is 5.73 Å². The van der Waals surface area contributed by atoms with Crippen molar-refractivity contribution in [3.63, 3.8) is 0 Å². The predicted molar refractivity (Wildman–Crippen MR) is 92.6 cm³/mol. The van der Waals surface area contributed by atoms with Crippen molar-refractivity contribution < 1.29 is 33.0 Å². The maximum atomic E-state index is 11.5. The minimum absolute atomic E-state index is 0.177. The van der Waals surface area contributed by atoms with Crippen LogP contribution in [-0.2, 0) is 9.59 Å². The lowest BCUT2D eigenvalue weighted by atomic mass is 9.76. The molecule has 152 valence electrons. The van der Waals surface area contributed by atoms with Gasteiger partial charge in [-0.3, -0.25) is 4.79 Å². The molecule has 1 saturated carbocycles. The van der Waals surface area contributed by atoms with E-state index in [1.54, 1.807) is 0 Å². The second-order valence-corrected chi connectivity index (χ2v) is 6.66. The van der Waals surface area contributed by atoms with Crippen LogP contribution in [0.3, 0.4) is 0 Å². The number of hydrogen-bond donors (Lipinski definition) is 3. The summed E-state index contributed by atoms with van der Waals surface area (Å²) in [7, 11) is 0. The molecule has 2 atom stereocenters. The summed E-state index contributed by atoms with van der Waals surface area (Å²) < 4.78 is 31.7. The Morgan fingerprint density at radius 3 is 2.08 bits per heavy atom. The molecule has 1 rings (SSSR count). The number of aliphatic carboxylic acids is 2. The van der Waals surface area contributed by atoms with Crippen molar-refractivity contribution in [2.24, 2.45) is 17.6 Å². The number of halogens is 3. The average Bonchev–Trinajstić information content (AvgIpc) is 2.55. The summed E-state index contributed by atoms with van der Waals surface area (Å²) in [6.07, 6.45) is 7.69. The molecule has 0 radical (unpaired) electrons. The predicted octanol–water partition coefficient (Wildman–Crippen LogP) is 4.36. The van der Waals surface area contributed by atoms with Crippen LogP contribution in [0.25, 0.3) is 0 Å². The highest BCUT2D eigenvalue weighted by molar-refractivity contribution is 5.73. The van der Waals surface area contributed by atoms with Gasteiger partial charge in [0.1, 0.15) is 0 Å². The van der Waals surface area contributed by atoms with Crippen molar-refractivity contribution in [2.45, 2.75) is 76.4 Å². The van der Waals surface area contributed by atoms with E-state index in [0.717, 1.165) is 44.9 Å². The SMILES string of the molecule is C=CCCCCCC(N)C(C(=O)O)C1CCCCC1.O=C(O)C(F)(F)F. The lowest BCUT2D eigenvalue weighted by Crippen LogP contribution is -2.41. The third-order valence-corrected chi connectivity index (χ3v) is 4.59. The number of allylic oxidation sites excluding steroid dienone is 1. The Balaban J connectivity index is 0.000000758. The highest BCUT2D eigenvalue weighted by atomic mass is 19.4. The van der Waals surface area contributed by atoms with Gasteiger partial charge < -0.3 is 15.9 Å². The summed E-state index contributed by atoms with van der Waals surface area (Å²) in [5.74, 6) is -3.48. The zero-order valence-electron chi connectivity index (χ0n) is 15.0. The summed E-state index contributed by atoms with van der Waals surface area (Å²) in [6.45, 7) is 3.70. The van der Waals surface area contributed by atoms with E-state index in [-0.39, 0.29) is 12.0 Å². The minimum Gasteiger partial charge on any atom is -0.481 e. The summed E-state index contributed by atoms with van der Waals surface area (Å²) in [6, 6.07) is -0.177. The molecule has 0 bridgehead atoms. The number of rotatable bonds is 9. The molecule has 0 amide bonds. The van der Waals surface area contributed by atoms with Crippen molar-refractivity contribution in [1.82, 2.24) is 0 Å². The van der Waals surface area contributed by atoms with Gasteiger partial charge in [-0.15, -0.1) is 6.58 Å². The molecular formula is C18H30F3NO4. The third-order valence-electron chi connectivity index (χ3n) is 4.59. The molecular weight excluding hydrogens is 351 g/mol. The first-order valence-electron chi connectivity index (χ1n) is 9.00. The summed E-state index contributed by atoms with van der Waals surface area (Å²) >= 11 is 0. The Labute approximate surface area is 152 Å². The van der Waals surface area contributed by atoms with Crippen LogP contribution in [0.15, 0.2) is 12.7 Å². The standard InChI is InChI=1S/C16H29NO2.C2HF3O2/c1-2-3-4-5-9-12-14(17)15(16(18)19)13-10-7-6-8-11-13;3-2(4,5)1(6)7/h2,13-15H,1,3-12,17H2,(H,18,19);(H,6,7). The highest BCUT2D eigenvalue weighted by Crippen LogP contribution is 2.32. The van der Waals surface area contributed by atoms with E-state index in [1.165, 1.54) is 19.3 Å². The van der Waals surface area contributed by atoms with Crippen molar-refractivity contribution in [3.05, 3.63) is 12.7 Å². The molecule has 1 aliphatic rings. The van der Waals surface area contributed by atoms with E-state index in [1.807, 2.05) is 6.08 Å².